The van der Waals surface area contributed by atoms with Gasteiger partial charge in [0.1, 0.15) is 6.61 Å². The van der Waals surface area contributed by atoms with Gasteiger partial charge in [0.2, 0.25) is 5.88 Å². The van der Waals surface area contributed by atoms with Gasteiger partial charge in [0.15, 0.2) is 0 Å². The standard InChI is InChI=1S/C8H9NO3/c10-8(11)4-6-12-7-3-1-2-5-9-7/h1-3,5H,4,6H2,(H,10,11). The highest BCUT2D eigenvalue weighted by molar-refractivity contribution is 5.66. The Bertz CT molecular complexity index is 248. The molecule has 0 unspecified atom stereocenters. The smallest absolute Gasteiger partial charge is 0.306 e. The number of carbonyl (C=O) groups is 1. The van der Waals surface area contributed by atoms with Crippen molar-refractivity contribution in [2.75, 3.05) is 6.61 Å². The Balaban J connectivity index is 2.29. The Morgan fingerprint density at radius 1 is 1.58 bits per heavy atom. The Hall–Kier alpha value is -1.58. The monoisotopic (exact) mass is 167 g/mol. The summed E-state index contributed by atoms with van der Waals surface area (Å²) in [7, 11) is 0. The Morgan fingerprint density at radius 3 is 3.00 bits per heavy atom. The average Bonchev–Trinajstić information content (AvgIpc) is 2.05. The molecule has 0 aliphatic heterocycles. The Kier molecular flexibility index (Phi) is 3.07. The van der Waals surface area contributed by atoms with E-state index in [-0.39, 0.29) is 13.0 Å². The summed E-state index contributed by atoms with van der Waals surface area (Å²) in [5.74, 6) is -0.412. The first-order valence-corrected chi connectivity index (χ1v) is 3.54. The van der Waals surface area contributed by atoms with Gasteiger partial charge in [0, 0.05) is 12.3 Å². The summed E-state index contributed by atoms with van der Waals surface area (Å²) in [6.45, 7) is 0.159. The number of pyridine rings is 1. The van der Waals surface area contributed by atoms with Crippen LogP contribution >= 0.6 is 0 Å². The molecule has 64 valence electrons. The van der Waals surface area contributed by atoms with Crippen LogP contribution in [-0.4, -0.2) is 22.7 Å². The fourth-order valence-electron chi connectivity index (χ4n) is 0.675. The topological polar surface area (TPSA) is 59.4 Å². The number of rotatable bonds is 4. The predicted molar refractivity (Wildman–Crippen MR) is 42.0 cm³/mol. The molecule has 0 aromatic carbocycles. The minimum atomic E-state index is -0.870. The minimum absolute atomic E-state index is 0.00340. The summed E-state index contributed by atoms with van der Waals surface area (Å²) >= 11 is 0. The highest BCUT2D eigenvalue weighted by Gasteiger charge is 1.97. The van der Waals surface area contributed by atoms with Crippen LogP contribution in [0.3, 0.4) is 0 Å². The van der Waals surface area contributed by atoms with Crippen LogP contribution in [0.4, 0.5) is 0 Å². The number of hydrogen-bond acceptors (Lipinski definition) is 3. The SMILES string of the molecule is O=C(O)CCOc1ccccn1. The number of hydrogen-bond donors (Lipinski definition) is 1. The number of ether oxygens (including phenoxy) is 1. The van der Waals surface area contributed by atoms with Gasteiger partial charge in [-0.3, -0.25) is 4.79 Å². The Labute approximate surface area is 69.8 Å². The molecule has 1 heterocycles. The molecule has 4 nitrogen and oxygen atoms in total. The molecule has 0 aliphatic carbocycles. The van der Waals surface area contributed by atoms with E-state index in [0.29, 0.717) is 5.88 Å². The summed E-state index contributed by atoms with van der Waals surface area (Å²) in [6, 6.07) is 5.23. The van der Waals surface area contributed by atoms with E-state index in [0.717, 1.165) is 0 Å². The molecule has 0 spiro atoms. The van der Waals surface area contributed by atoms with E-state index in [2.05, 4.69) is 4.98 Å². The van der Waals surface area contributed by atoms with Crippen molar-refractivity contribution in [1.82, 2.24) is 4.98 Å². The normalized spacial score (nSPS) is 9.33. The van der Waals surface area contributed by atoms with Crippen LogP contribution in [0.2, 0.25) is 0 Å². The molecule has 0 radical (unpaired) electrons. The van der Waals surface area contributed by atoms with Gasteiger partial charge in [0.05, 0.1) is 6.42 Å². The number of carboxylic acids is 1. The Morgan fingerprint density at radius 2 is 2.42 bits per heavy atom. The molecule has 0 saturated heterocycles. The lowest BCUT2D eigenvalue weighted by Gasteiger charge is -2.00. The molecule has 1 aromatic rings. The first kappa shape index (κ1) is 8.52. The fraction of sp³-hybridized carbons (Fsp3) is 0.250. The zero-order chi connectivity index (χ0) is 8.81. The molecule has 1 N–H and O–H groups in total. The van der Waals surface area contributed by atoms with Crippen molar-refractivity contribution in [3.63, 3.8) is 0 Å². The summed E-state index contributed by atoms with van der Waals surface area (Å²) in [6.07, 6.45) is 1.59. The number of aliphatic carboxylic acids is 1. The number of aromatic nitrogens is 1. The van der Waals surface area contributed by atoms with Gasteiger partial charge in [-0.15, -0.1) is 0 Å². The maximum Gasteiger partial charge on any atom is 0.306 e. The van der Waals surface area contributed by atoms with Crippen molar-refractivity contribution in [2.45, 2.75) is 6.42 Å². The van der Waals surface area contributed by atoms with Crippen molar-refractivity contribution >= 4 is 5.97 Å². The molecule has 0 bridgehead atoms. The number of carboxylic acid groups (broad SMARTS) is 1. The van der Waals surface area contributed by atoms with Crippen LogP contribution in [0.15, 0.2) is 24.4 Å². The maximum atomic E-state index is 10.1. The average molecular weight is 167 g/mol. The van der Waals surface area contributed by atoms with Gasteiger partial charge >= 0.3 is 5.97 Å². The van der Waals surface area contributed by atoms with Crippen LogP contribution in [0.25, 0.3) is 0 Å². The highest BCUT2D eigenvalue weighted by atomic mass is 16.5. The van der Waals surface area contributed by atoms with Gasteiger partial charge in [-0.25, -0.2) is 4.98 Å². The van der Waals surface area contributed by atoms with Crippen LogP contribution in [-0.2, 0) is 4.79 Å². The fourth-order valence-corrected chi connectivity index (χ4v) is 0.675. The lowest BCUT2D eigenvalue weighted by Crippen LogP contribution is -2.05. The molecule has 12 heavy (non-hydrogen) atoms. The van der Waals surface area contributed by atoms with Gasteiger partial charge in [-0.2, -0.15) is 0 Å². The predicted octanol–water partition coefficient (Wildman–Crippen LogP) is 0.935. The molecular formula is C8H9NO3. The van der Waals surface area contributed by atoms with Crippen LogP contribution in [0.1, 0.15) is 6.42 Å². The molecule has 0 amide bonds. The van der Waals surface area contributed by atoms with Crippen LogP contribution in [0.5, 0.6) is 5.88 Å². The first-order valence-electron chi connectivity index (χ1n) is 3.54. The zero-order valence-electron chi connectivity index (χ0n) is 6.43. The summed E-state index contributed by atoms with van der Waals surface area (Å²) in [4.78, 5) is 13.9. The second-order valence-corrected chi connectivity index (χ2v) is 2.16. The number of nitrogens with zero attached hydrogens (tertiary/aromatic N) is 1. The molecule has 1 aromatic heterocycles. The van der Waals surface area contributed by atoms with Crippen molar-refractivity contribution < 1.29 is 14.6 Å². The first-order chi connectivity index (χ1) is 5.79. The second kappa shape index (κ2) is 4.33. The molecule has 0 aliphatic rings. The highest BCUT2D eigenvalue weighted by Crippen LogP contribution is 2.02. The van der Waals surface area contributed by atoms with E-state index in [1.54, 1.807) is 24.4 Å². The molecular weight excluding hydrogens is 158 g/mol. The molecule has 0 atom stereocenters. The van der Waals surface area contributed by atoms with Crippen LogP contribution < -0.4 is 4.74 Å². The quantitative estimate of drug-likeness (QED) is 0.724. The summed E-state index contributed by atoms with van der Waals surface area (Å²) < 4.78 is 5.02. The third kappa shape index (κ3) is 3.01. The summed E-state index contributed by atoms with van der Waals surface area (Å²) in [5.41, 5.74) is 0. The lowest BCUT2D eigenvalue weighted by atomic mass is 10.4. The maximum absolute atomic E-state index is 10.1. The van der Waals surface area contributed by atoms with Gasteiger partial charge in [-0.1, -0.05) is 6.07 Å². The largest absolute Gasteiger partial charge is 0.481 e. The van der Waals surface area contributed by atoms with E-state index in [4.69, 9.17) is 9.84 Å². The zero-order valence-corrected chi connectivity index (χ0v) is 6.43. The van der Waals surface area contributed by atoms with Gasteiger partial charge in [-0.05, 0) is 6.07 Å². The van der Waals surface area contributed by atoms with E-state index in [1.165, 1.54) is 0 Å². The van der Waals surface area contributed by atoms with Crippen molar-refractivity contribution in [3.8, 4) is 5.88 Å². The third-order valence-corrected chi connectivity index (χ3v) is 1.20. The molecule has 0 saturated carbocycles. The molecule has 0 fully saturated rings. The second-order valence-electron chi connectivity index (χ2n) is 2.16. The van der Waals surface area contributed by atoms with Crippen molar-refractivity contribution in [2.24, 2.45) is 0 Å². The summed E-state index contributed by atoms with van der Waals surface area (Å²) in [5, 5.41) is 8.29. The van der Waals surface area contributed by atoms with Crippen molar-refractivity contribution in [3.05, 3.63) is 24.4 Å². The molecule has 4 heteroatoms. The molecule has 1 rings (SSSR count). The van der Waals surface area contributed by atoms with E-state index < -0.39 is 5.97 Å². The van der Waals surface area contributed by atoms with E-state index >= 15 is 0 Å². The third-order valence-electron chi connectivity index (χ3n) is 1.20. The van der Waals surface area contributed by atoms with Gasteiger partial charge < -0.3 is 9.84 Å². The van der Waals surface area contributed by atoms with Gasteiger partial charge in [0.25, 0.3) is 0 Å². The van der Waals surface area contributed by atoms with Crippen LogP contribution in [0, 0.1) is 0 Å². The lowest BCUT2D eigenvalue weighted by molar-refractivity contribution is -0.137. The van der Waals surface area contributed by atoms with E-state index in [1.807, 2.05) is 0 Å². The van der Waals surface area contributed by atoms with E-state index in [9.17, 15) is 4.79 Å². The minimum Gasteiger partial charge on any atom is -0.481 e. The van der Waals surface area contributed by atoms with Crippen molar-refractivity contribution in [1.29, 1.82) is 0 Å².